The van der Waals surface area contributed by atoms with Crippen LogP contribution >= 0.6 is 0 Å². The van der Waals surface area contributed by atoms with E-state index in [9.17, 15) is 14.4 Å². The normalized spacial score (nSPS) is 18.5. The number of amides is 2. The molecule has 1 atom stereocenters. The summed E-state index contributed by atoms with van der Waals surface area (Å²) in [4.78, 5) is 40.8. The van der Waals surface area contributed by atoms with Crippen molar-refractivity contribution in [3.8, 4) is 0 Å². The van der Waals surface area contributed by atoms with Crippen LogP contribution in [-0.4, -0.2) is 41.6 Å². The van der Waals surface area contributed by atoms with Crippen molar-refractivity contribution in [2.24, 2.45) is 5.41 Å². The van der Waals surface area contributed by atoms with Crippen molar-refractivity contribution in [2.75, 3.05) is 13.1 Å². The highest BCUT2D eigenvalue weighted by molar-refractivity contribution is 6.04. The van der Waals surface area contributed by atoms with Crippen molar-refractivity contribution >= 4 is 17.6 Å². The number of carbonyl (C=O) groups excluding carboxylic acids is 3. The molecular formula is C25H30N2O4. The molecule has 31 heavy (non-hydrogen) atoms. The quantitative estimate of drug-likeness (QED) is 0.797. The molecule has 1 N–H and O–H groups in total. The lowest BCUT2D eigenvalue weighted by Crippen LogP contribution is -2.49. The summed E-state index contributed by atoms with van der Waals surface area (Å²) in [5.74, 6) is 0.227. The SMILES string of the molecule is Cc1c(C(=O)NC(Cc2ccccc2)C(=O)N2CCCC2)oc2c1C(=O)CC(C)(C)C2. The Hall–Kier alpha value is -2.89. The molecule has 0 spiro atoms. The number of nitrogens with one attached hydrogen (secondary N) is 1. The predicted octanol–water partition coefficient (Wildman–Crippen LogP) is 3.71. The number of fused-ring (bicyclic) bond motifs is 1. The van der Waals surface area contributed by atoms with E-state index in [2.05, 4.69) is 5.32 Å². The highest BCUT2D eigenvalue weighted by Crippen LogP contribution is 2.38. The van der Waals surface area contributed by atoms with E-state index in [4.69, 9.17) is 4.42 Å². The fraction of sp³-hybridized carbons (Fsp3) is 0.480. The first-order chi connectivity index (χ1) is 14.7. The molecule has 2 heterocycles. The van der Waals surface area contributed by atoms with Gasteiger partial charge in [0, 0.05) is 37.9 Å². The average molecular weight is 423 g/mol. The smallest absolute Gasteiger partial charge is 0.287 e. The number of nitrogens with zero attached hydrogens (tertiary/aromatic N) is 1. The van der Waals surface area contributed by atoms with Crippen LogP contribution in [0, 0.1) is 12.3 Å². The number of Topliss-reactive ketones (excluding diaryl/α,β-unsaturated/α-hetero) is 1. The van der Waals surface area contributed by atoms with E-state index in [-0.39, 0.29) is 22.9 Å². The van der Waals surface area contributed by atoms with Crippen LogP contribution in [0.5, 0.6) is 0 Å². The number of carbonyl (C=O) groups is 3. The molecule has 2 amide bonds. The summed E-state index contributed by atoms with van der Waals surface area (Å²) in [7, 11) is 0. The third kappa shape index (κ3) is 4.43. The molecule has 0 radical (unpaired) electrons. The second kappa shape index (κ2) is 8.33. The Morgan fingerprint density at radius 1 is 1.13 bits per heavy atom. The molecule has 6 heteroatoms. The Morgan fingerprint density at radius 3 is 2.48 bits per heavy atom. The molecule has 1 aromatic carbocycles. The summed E-state index contributed by atoms with van der Waals surface area (Å²) in [5.41, 5.74) is 1.90. The first-order valence-electron chi connectivity index (χ1n) is 11.0. The number of ketones is 1. The lowest BCUT2D eigenvalue weighted by molar-refractivity contribution is -0.132. The highest BCUT2D eigenvalue weighted by atomic mass is 16.4. The van der Waals surface area contributed by atoms with Gasteiger partial charge in [0.1, 0.15) is 11.8 Å². The molecule has 2 aromatic rings. The van der Waals surface area contributed by atoms with E-state index >= 15 is 0 Å². The summed E-state index contributed by atoms with van der Waals surface area (Å²) in [6, 6.07) is 9.00. The van der Waals surface area contributed by atoms with Gasteiger partial charge in [0.25, 0.3) is 5.91 Å². The number of hydrogen-bond donors (Lipinski definition) is 1. The van der Waals surface area contributed by atoms with Gasteiger partial charge in [-0.3, -0.25) is 14.4 Å². The number of furan rings is 1. The van der Waals surface area contributed by atoms with Crippen molar-refractivity contribution < 1.29 is 18.8 Å². The first-order valence-corrected chi connectivity index (χ1v) is 11.0. The summed E-state index contributed by atoms with van der Waals surface area (Å²) in [6.07, 6.45) is 3.43. The minimum Gasteiger partial charge on any atom is -0.455 e. The van der Waals surface area contributed by atoms with Crippen molar-refractivity contribution in [2.45, 2.75) is 58.9 Å². The Labute approximate surface area is 183 Å². The molecule has 2 aliphatic rings. The molecule has 0 saturated carbocycles. The van der Waals surface area contributed by atoms with Gasteiger partial charge in [-0.15, -0.1) is 0 Å². The van der Waals surface area contributed by atoms with Crippen LogP contribution in [-0.2, 0) is 17.6 Å². The first kappa shape index (κ1) is 21.3. The van der Waals surface area contributed by atoms with E-state index in [1.54, 1.807) is 6.92 Å². The third-order valence-corrected chi connectivity index (χ3v) is 6.29. The van der Waals surface area contributed by atoms with Gasteiger partial charge in [0.05, 0.1) is 5.56 Å². The number of benzene rings is 1. The lowest BCUT2D eigenvalue weighted by Gasteiger charge is -2.27. The molecule has 1 unspecified atom stereocenters. The fourth-order valence-corrected chi connectivity index (χ4v) is 4.73. The zero-order chi connectivity index (χ0) is 22.2. The Morgan fingerprint density at radius 2 is 1.81 bits per heavy atom. The van der Waals surface area contributed by atoms with E-state index in [0.717, 1.165) is 31.5 Å². The van der Waals surface area contributed by atoms with Gasteiger partial charge in [-0.1, -0.05) is 44.2 Å². The van der Waals surface area contributed by atoms with Gasteiger partial charge in [0.15, 0.2) is 11.5 Å². The van der Waals surface area contributed by atoms with Crippen molar-refractivity contribution in [1.29, 1.82) is 0 Å². The van der Waals surface area contributed by atoms with Crippen molar-refractivity contribution in [1.82, 2.24) is 10.2 Å². The highest BCUT2D eigenvalue weighted by Gasteiger charge is 2.38. The van der Waals surface area contributed by atoms with E-state index in [0.29, 0.717) is 36.1 Å². The van der Waals surface area contributed by atoms with Gasteiger partial charge in [-0.05, 0) is 30.7 Å². The minimum absolute atomic E-state index is 0.0144. The molecule has 1 fully saturated rings. The average Bonchev–Trinajstić information content (AvgIpc) is 3.35. The van der Waals surface area contributed by atoms with Gasteiger partial charge < -0.3 is 14.6 Å². The largest absolute Gasteiger partial charge is 0.455 e. The van der Waals surface area contributed by atoms with Crippen LogP contribution in [0.2, 0.25) is 0 Å². The maximum Gasteiger partial charge on any atom is 0.287 e. The summed E-state index contributed by atoms with van der Waals surface area (Å²) in [6.45, 7) is 7.24. The van der Waals surface area contributed by atoms with E-state index < -0.39 is 11.9 Å². The topological polar surface area (TPSA) is 79.6 Å². The second-order valence-corrected chi connectivity index (χ2v) is 9.54. The number of likely N-dealkylation sites (tertiary alicyclic amines) is 1. The van der Waals surface area contributed by atoms with E-state index in [1.165, 1.54) is 0 Å². The zero-order valence-electron chi connectivity index (χ0n) is 18.5. The Kier molecular flexibility index (Phi) is 5.73. The molecule has 1 aromatic heterocycles. The lowest BCUT2D eigenvalue weighted by atomic mass is 9.76. The number of rotatable bonds is 5. The molecule has 1 aliphatic carbocycles. The molecule has 6 nitrogen and oxygen atoms in total. The van der Waals surface area contributed by atoms with Crippen LogP contribution in [0.4, 0.5) is 0 Å². The molecule has 164 valence electrons. The molecule has 1 saturated heterocycles. The van der Waals surface area contributed by atoms with Gasteiger partial charge in [-0.25, -0.2) is 0 Å². The van der Waals surface area contributed by atoms with Crippen LogP contribution in [0.25, 0.3) is 0 Å². The van der Waals surface area contributed by atoms with E-state index in [1.807, 2.05) is 49.1 Å². The summed E-state index contributed by atoms with van der Waals surface area (Å²) in [5, 5.41) is 2.91. The van der Waals surface area contributed by atoms with Gasteiger partial charge in [0.2, 0.25) is 5.91 Å². The maximum atomic E-state index is 13.2. The van der Waals surface area contributed by atoms with Crippen molar-refractivity contribution in [3.05, 3.63) is 58.5 Å². The molecular weight excluding hydrogens is 392 g/mol. The Bertz CT molecular complexity index is 1000. The van der Waals surface area contributed by atoms with Gasteiger partial charge in [-0.2, -0.15) is 0 Å². The summed E-state index contributed by atoms with van der Waals surface area (Å²) < 4.78 is 5.90. The minimum atomic E-state index is -0.679. The Balaban J connectivity index is 1.59. The van der Waals surface area contributed by atoms with Crippen LogP contribution in [0.1, 0.15) is 70.9 Å². The zero-order valence-corrected chi connectivity index (χ0v) is 18.5. The van der Waals surface area contributed by atoms with Crippen LogP contribution in [0.3, 0.4) is 0 Å². The van der Waals surface area contributed by atoms with Crippen LogP contribution < -0.4 is 5.32 Å². The standard InChI is InChI=1S/C25H30N2O4/c1-16-21-19(28)14-25(2,3)15-20(21)31-22(16)23(29)26-18(13-17-9-5-4-6-10-17)24(30)27-11-7-8-12-27/h4-6,9-10,18H,7-8,11-15H2,1-3H3,(H,26,29). The monoisotopic (exact) mass is 422 g/mol. The summed E-state index contributed by atoms with van der Waals surface area (Å²) >= 11 is 0. The molecule has 4 rings (SSSR count). The predicted molar refractivity (Wildman–Crippen MR) is 117 cm³/mol. The second-order valence-electron chi connectivity index (χ2n) is 9.54. The molecule has 1 aliphatic heterocycles. The fourth-order valence-electron chi connectivity index (χ4n) is 4.73. The maximum absolute atomic E-state index is 13.2. The molecule has 0 bridgehead atoms. The van der Waals surface area contributed by atoms with Crippen molar-refractivity contribution in [3.63, 3.8) is 0 Å². The van der Waals surface area contributed by atoms with Gasteiger partial charge >= 0.3 is 0 Å². The van der Waals surface area contributed by atoms with Crippen LogP contribution in [0.15, 0.2) is 34.7 Å². The number of hydrogen-bond acceptors (Lipinski definition) is 4. The third-order valence-electron chi connectivity index (χ3n) is 6.29.